The quantitative estimate of drug-likeness (QED) is 0.0161. The summed E-state index contributed by atoms with van der Waals surface area (Å²) in [6.07, 6.45) is 7.54. The molecule has 1 fully saturated rings. The van der Waals surface area contributed by atoms with E-state index in [1.54, 1.807) is 130 Å². The van der Waals surface area contributed by atoms with Gasteiger partial charge >= 0.3 is 48.9 Å². The number of ether oxygens (including phenoxy) is 3. The van der Waals surface area contributed by atoms with Crippen LogP contribution in [0.2, 0.25) is 0 Å². The summed E-state index contributed by atoms with van der Waals surface area (Å²) >= 11 is 0. The Morgan fingerprint density at radius 3 is 1.30 bits per heavy atom. The molecule has 2 aliphatic rings. The van der Waals surface area contributed by atoms with Crippen LogP contribution in [0.25, 0.3) is 16.5 Å². The minimum absolute atomic E-state index is 0.188. The van der Waals surface area contributed by atoms with Crippen LogP contribution in [0.4, 0.5) is 0 Å². The first-order valence-electron chi connectivity index (χ1n) is 40.4. The van der Waals surface area contributed by atoms with Crippen molar-refractivity contribution in [3.8, 4) is 40.2 Å². The third kappa shape index (κ3) is 28.0. The number of fused-ring (bicyclic) bond motifs is 2. The van der Waals surface area contributed by atoms with Crippen LogP contribution in [0, 0.1) is 27.7 Å². The molecule has 1 aliphatic carbocycles. The molecule has 0 amide bonds. The number of benzene rings is 11. The summed E-state index contributed by atoms with van der Waals surface area (Å²) in [5.41, 5.74) is 11.8. The first kappa shape index (κ1) is 91.2. The molecule has 12 aromatic rings. The number of aromatic amines is 1. The molecular weight excluding hydrogens is 1620 g/mol. The minimum Gasteiger partial charge on any atom is -0.465 e. The maximum absolute atomic E-state index is 14.0. The Bertz CT molecular complexity index is 5530. The molecule has 2 heterocycles. The number of H-pyrrole nitrogens is 1. The number of nitrogens with one attached hydrogen (secondary N) is 4. The molecule has 11 aromatic carbocycles. The molecule has 1 aromatic heterocycles. The molecular formula is C95H103N5O18P4. The van der Waals surface area contributed by atoms with Gasteiger partial charge in [0.15, 0.2) is 0 Å². The number of aryl methyl sites for hydroxylation is 4. The Morgan fingerprint density at radius 1 is 0.434 bits per heavy atom. The van der Waals surface area contributed by atoms with Crippen molar-refractivity contribution in [2.75, 3.05) is 32.9 Å². The van der Waals surface area contributed by atoms with Gasteiger partial charge in [0.25, 0.3) is 0 Å². The second-order valence-corrected chi connectivity index (χ2v) is 35.3. The first-order valence-corrected chi connectivity index (χ1v) is 46.5. The van der Waals surface area contributed by atoms with Crippen molar-refractivity contribution in [2.24, 2.45) is 0 Å². The Balaban J connectivity index is 0.000000159. The van der Waals surface area contributed by atoms with Crippen LogP contribution >= 0.6 is 31.0 Å². The molecule has 4 unspecified atom stereocenters. The van der Waals surface area contributed by atoms with E-state index in [4.69, 9.17) is 50.4 Å². The molecule has 27 heteroatoms. The van der Waals surface area contributed by atoms with E-state index in [9.17, 15) is 32.6 Å². The van der Waals surface area contributed by atoms with Crippen molar-refractivity contribution in [1.82, 2.24) is 24.9 Å². The van der Waals surface area contributed by atoms with E-state index in [0.29, 0.717) is 66.2 Å². The smallest absolute Gasteiger partial charge is 0.465 e. The van der Waals surface area contributed by atoms with E-state index in [1.807, 2.05) is 198 Å². The molecule has 7 atom stereocenters. The SMILES string of the molecule is CCOC(=O)[C@@H]1CCCN1P(=O)(Oc1ccccc1)Oc1ccc(C)cc1.CCOC(=O)[C@H](Cc1c[nH]c2ccccc12)NP(=O)(Oc1ccccc1)Oc1ccc(C)cc1.CCOC(=O)[C@H](Cc1ccccc1)NP(=O)(Oc1ccccc1)Oc1ccc(C)cc1.Cc1ccc(OP(=O)(NCCC2=CCc3ccccc32)OCc2ccccc2)cc1. The van der Waals surface area contributed by atoms with E-state index in [2.05, 4.69) is 50.6 Å². The van der Waals surface area contributed by atoms with Crippen molar-refractivity contribution >= 4 is 65.4 Å². The molecule has 1 saturated heterocycles. The van der Waals surface area contributed by atoms with Crippen molar-refractivity contribution in [3.63, 3.8) is 0 Å². The van der Waals surface area contributed by atoms with Crippen molar-refractivity contribution in [3.05, 3.63) is 360 Å². The number of allylic oxidation sites excluding steroid dienone is 1. The van der Waals surface area contributed by atoms with Gasteiger partial charge in [0.2, 0.25) is 0 Å². The molecule has 1 aliphatic heterocycles. The molecule has 0 saturated carbocycles. The van der Waals surface area contributed by atoms with Gasteiger partial charge in [-0.05, 0) is 205 Å². The topological polar surface area (TPSA) is 276 Å². The average Bonchev–Trinajstić information content (AvgIpc) is 1.56. The highest BCUT2D eigenvalue weighted by Gasteiger charge is 2.48. The number of carbonyl (C=O) groups is 3. The normalized spacial score (nSPS) is 15.1. The fraction of sp³-hybridized carbons (Fsp3) is 0.232. The lowest BCUT2D eigenvalue weighted by molar-refractivity contribution is -0.147. The lowest BCUT2D eigenvalue weighted by atomic mass is 10.0. The zero-order valence-electron chi connectivity index (χ0n) is 69.2. The summed E-state index contributed by atoms with van der Waals surface area (Å²) in [4.78, 5) is 41.1. The van der Waals surface area contributed by atoms with Crippen LogP contribution < -0.4 is 46.9 Å². The van der Waals surface area contributed by atoms with E-state index in [1.165, 1.54) is 21.4 Å². The van der Waals surface area contributed by atoms with Crippen LogP contribution in [-0.2, 0) is 77.2 Å². The third-order valence-electron chi connectivity index (χ3n) is 19.0. The number of hydrogen-bond donors (Lipinski definition) is 4. The number of nitrogens with zero attached hydrogens (tertiary/aromatic N) is 1. The van der Waals surface area contributed by atoms with Crippen molar-refractivity contribution < 1.29 is 83.0 Å². The van der Waals surface area contributed by atoms with Gasteiger partial charge in [0.1, 0.15) is 58.4 Å². The maximum Gasteiger partial charge on any atom is 0.516 e. The van der Waals surface area contributed by atoms with Crippen molar-refractivity contribution in [2.45, 2.75) is 112 Å². The van der Waals surface area contributed by atoms with Gasteiger partial charge in [0, 0.05) is 36.6 Å². The summed E-state index contributed by atoms with van der Waals surface area (Å²) in [5, 5.41) is 9.69. The van der Waals surface area contributed by atoms with E-state index in [0.717, 1.165) is 62.7 Å². The van der Waals surface area contributed by atoms with Crippen molar-refractivity contribution in [1.29, 1.82) is 0 Å². The number of carbonyl (C=O) groups excluding carboxylic acids is 3. The largest absolute Gasteiger partial charge is 0.516 e. The molecule has 0 spiro atoms. The molecule has 636 valence electrons. The monoisotopic (exact) mass is 1730 g/mol. The third-order valence-corrected chi connectivity index (χ3v) is 25.6. The van der Waals surface area contributed by atoms with E-state index in [-0.39, 0.29) is 39.3 Å². The van der Waals surface area contributed by atoms with Crippen LogP contribution in [0.15, 0.2) is 310 Å². The van der Waals surface area contributed by atoms with Gasteiger partial charge < -0.3 is 50.9 Å². The fourth-order valence-corrected chi connectivity index (χ4v) is 19.3. The number of para-hydroxylation sites is 4. The summed E-state index contributed by atoms with van der Waals surface area (Å²) in [5.74, 6) is 1.30. The van der Waals surface area contributed by atoms with Gasteiger partial charge in [-0.2, -0.15) is 14.8 Å². The number of rotatable bonds is 36. The Hall–Kier alpha value is -11.6. The second-order valence-electron chi connectivity index (χ2n) is 28.5. The lowest BCUT2D eigenvalue weighted by Gasteiger charge is -2.30. The van der Waals surface area contributed by atoms with Crippen LogP contribution in [-0.4, -0.2) is 78.6 Å². The van der Waals surface area contributed by atoms with Gasteiger partial charge in [-0.1, -0.05) is 235 Å². The summed E-state index contributed by atoms with van der Waals surface area (Å²) in [7, 11) is -15.4. The Kier molecular flexibility index (Phi) is 33.9. The summed E-state index contributed by atoms with van der Waals surface area (Å²) in [6.45, 7) is 14.8. The molecule has 122 heavy (non-hydrogen) atoms. The minimum atomic E-state index is -4.05. The van der Waals surface area contributed by atoms with Gasteiger partial charge in [-0.3, -0.25) is 18.9 Å². The Morgan fingerprint density at radius 2 is 0.828 bits per heavy atom. The average molecular weight is 1730 g/mol. The predicted molar refractivity (Wildman–Crippen MR) is 476 cm³/mol. The molecule has 0 radical (unpaired) electrons. The number of hydrogen-bond acceptors (Lipinski definition) is 18. The first-order chi connectivity index (χ1) is 59.1. The van der Waals surface area contributed by atoms with Gasteiger partial charge in [-0.15, -0.1) is 0 Å². The summed E-state index contributed by atoms with van der Waals surface area (Å²) < 4.78 is 119. The highest BCUT2D eigenvalue weighted by molar-refractivity contribution is 7.53. The van der Waals surface area contributed by atoms with Gasteiger partial charge in [-0.25, -0.2) is 23.3 Å². The van der Waals surface area contributed by atoms with Crippen LogP contribution in [0.5, 0.6) is 40.2 Å². The number of aromatic nitrogens is 1. The Labute approximate surface area is 713 Å². The lowest BCUT2D eigenvalue weighted by Crippen LogP contribution is -2.40. The summed E-state index contributed by atoms with van der Waals surface area (Å²) in [6, 6.07) is 87.9. The highest BCUT2D eigenvalue weighted by atomic mass is 31.2. The highest BCUT2D eigenvalue weighted by Crippen LogP contribution is 2.56. The maximum atomic E-state index is 14.0. The predicted octanol–water partition coefficient (Wildman–Crippen LogP) is 22.0. The van der Waals surface area contributed by atoms with E-state index >= 15 is 0 Å². The molecule has 0 bridgehead atoms. The molecule has 4 N–H and O–H groups in total. The van der Waals surface area contributed by atoms with Crippen LogP contribution in [0.1, 0.15) is 90.1 Å². The number of esters is 3. The molecule has 23 nitrogen and oxygen atoms in total. The van der Waals surface area contributed by atoms with E-state index < -0.39 is 67.0 Å². The van der Waals surface area contributed by atoms with Gasteiger partial charge in [0.05, 0.1) is 26.4 Å². The fourth-order valence-electron chi connectivity index (χ4n) is 12.9. The standard InChI is InChI=1S/C26H27N2O5P.C25H26NO3P.C24H26NO5P.C20H24NO5P/c1-3-31-26(29)25(17-20-18-27-24-12-8-7-11-23(20)24)28-34(30,32-21-9-5-4-6-10-21)33-22-15-13-19(2)14-16-22;1-20-11-15-24(16-12-20)29-30(27,28-19-21-7-3-2-4-8-21)26-18-17-23-14-13-22-9-5-6-10-25(22)23;1-3-28-24(26)23(18-20-10-6-4-7-11-20)25-31(27,29-21-12-8-5-9-13-21)30-22-16-14-19(2)15-17-22;1-3-24-20(22)19-10-7-15-21(19)27(23,25-17-8-5-4-6-9-17)26-18-13-11-16(2)12-14-18/h4-16,18,25,27H,3,17H2,1-2H3,(H,28,30);2-12,14-16H,13,17-19H2,1H3,(H,26,27);4-17,23H,3,18H2,1-2H3,(H,25,27);4-6,8-9,11-14,19H,3,7,10,15H2,1-2H3/t25-,34?;;23-,31?;19-,27?/m0.00/s1. The zero-order chi connectivity index (χ0) is 86.2. The molecule has 14 rings (SSSR count). The zero-order valence-corrected chi connectivity index (χ0v) is 72.8. The van der Waals surface area contributed by atoms with Crippen LogP contribution in [0.3, 0.4) is 0 Å². The second kappa shape index (κ2) is 45.4.